The predicted octanol–water partition coefficient (Wildman–Crippen LogP) is 4.37. The van der Waals surface area contributed by atoms with Crippen LogP contribution in [0.5, 0.6) is 11.5 Å². The summed E-state index contributed by atoms with van der Waals surface area (Å²) in [5.41, 5.74) is 4.29. The largest absolute Gasteiger partial charge is 0.454 e. The third kappa shape index (κ3) is 3.15. The van der Waals surface area contributed by atoms with Gasteiger partial charge in [-0.25, -0.2) is 4.68 Å². The number of anilines is 1. The lowest BCUT2D eigenvalue weighted by Crippen LogP contribution is -2.42. The first kappa shape index (κ1) is 18.5. The van der Waals surface area contributed by atoms with Gasteiger partial charge in [0.15, 0.2) is 11.5 Å². The van der Waals surface area contributed by atoms with Crippen molar-refractivity contribution in [3.63, 3.8) is 0 Å². The van der Waals surface area contributed by atoms with E-state index in [0.717, 1.165) is 28.3 Å². The molecule has 0 unspecified atom stereocenters. The molecule has 1 aromatic heterocycles. The summed E-state index contributed by atoms with van der Waals surface area (Å²) < 4.78 is 12.8. The monoisotopic (exact) mass is 424 g/mol. The van der Waals surface area contributed by atoms with Crippen LogP contribution in [-0.2, 0) is 6.54 Å². The van der Waals surface area contributed by atoms with Crippen molar-refractivity contribution in [1.82, 2.24) is 14.7 Å². The molecule has 1 amide bonds. The van der Waals surface area contributed by atoms with Crippen LogP contribution in [0.3, 0.4) is 0 Å². The molecule has 0 spiro atoms. The zero-order valence-corrected chi connectivity index (χ0v) is 17.1. The van der Waals surface area contributed by atoms with E-state index in [-0.39, 0.29) is 18.9 Å². The molecule has 0 fully saturated rings. The first-order valence-electron chi connectivity index (χ1n) is 10.4. The molecule has 0 radical (unpaired) electrons. The van der Waals surface area contributed by atoms with Crippen LogP contribution >= 0.6 is 0 Å². The number of hydrogen-bond acceptors (Lipinski definition) is 5. The molecule has 2 aliphatic rings. The van der Waals surface area contributed by atoms with E-state index < -0.39 is 0 Å². The molecule has 6 rings (SSSR count). The summed E-state index contributed by atoms with van der Waals surface area (Å²) in [5.74, 6) is 1.39. The van der Waals surface area contributed by atoms with E-state index in [2.05, 4.69) is 10.4 Å². The SMILES string of the molecule is O=C1c2ccccc2N[C@H](c2cnn(-c3ccccc3)c2)N1Cc1ccc2c(c1)OCO2. The second-order valence-electron chi connectivity index (χ2n) is 7.77. The van der Waals surface area contributed by atoms with Crippen LogP contribution in [0.25, 0.3) is 5.69 Å². The van der Waals surface area contributed by atoms with E-state index in [9.17, 15) is 4.79 Å². The number of benzene rings is 3. The Labute approximate surface area is 184 Å². The number of amides is 1. The zero-order chi connectivity index (χ0) is 21.5. The fraction of sp³-hybridized carbons (Fsp3) is 0.120. The highest BCUT2D eigenvalue weighted by Gasteiger charge is 2.34. The highest BCUT2D eigenvalue weighted by atomic mass is 16.7. The van der Waals surface area contributed by atoms with E-state index in [1.807, 2.05) is 88.6 Å². The minimum atomic E-state index is -0.361. The molecule has 3 heterocycles. The minimum Gasteiger partial charge on any atom is -0.454 e. The molecular formula is C25H20N4O3. The van der Waals surface area contributed by atoms with Crippen LogP contribution in [0.1, 0.15) is 27.7 Å². The van der Waals surface area contributed by atoms with Crippen molar-refractivity contribution >= 4 is 11.6 Å². The minimum absolute atomic E-state index is 0.0329. The van der Waals surface area contributed by atoms with Crippen molar-refractivity contribution in [3.8, 4) is 17.2 Å². The standard InChI is InChI=1S/C25H20N4O3/c30-25-20-8-4-5-9-21(20)27-24(18-13-26-29(15-18)19-6-2-1-3-7-19)28(25)14-17-10-11-22-23(12-17)32-16-31-22/h1-13,15,24,27H,14,16H2/t24-/m0/s1. The van der Waals surface area contributed by atoms with Crippen LogP contribution in [0, 0.1) is 0 Å². The highest BCUT2D eigenvalue weighted by molar-refractivity contribution is 6.01. The normalized spacial score (nSPS) is 16.6. The molecule has 7 nitrogen and oxygen atoms in total. The van der Waals surface area contributed by atoms with E-state index in [0.29, 0.717) is 17.9 Å². The summed E-state index contributed by atoms with van der Waals surface area (Å²) in [6.45, 7) is 0.635. The molecule has 0 saturated carbocycles. The van der Waals surface area contributed by atoms with Crippen LogP contribution in [-0.4, -0.2) is 27.4 Å². The maximum Gasteiger partial charge on any atom is 0.258 e. The maximum absolute atomic E-state index is 13.5. The van der Waals surface area contributed by atoms with Gasteiger partial charge in [-0.15, -0.1) is 0 Å². The second-order valence-corrected chi connectivity index (χ2v) is 7.77. The molecule has 0 bridgehead atoms. The molecule has 158 valence electrons. The summed E-state index contributed by atoms with van der Waals surface area (Å²) in [6, 6.07) is 23.3. The van der Waals surface area contributed by atoms with E-state index in [4.69, 9.17) is 9.47 Å². The van der Waals surface area contributed by atoms with Crippen molar-refractivity contribution in [2.45, 2.75) is 12.7 Å². The summed E-state index contributed by atoms with van der Waals surface area (Å²) in [4.78, 5) is 15.3. The number of fused-ring (bicyclic) bond motifs is 2. The molecule has 0 aliphatic carbocycles. The van der Waals surface area contributed by atoms with E-state index in [1.54, 1.807) is 6.20 Å². The fourth-order valence-corrected chi connectivity index (χ4v) is 4.15. The molecule has 1 atom stereocenters. The number of aromatic nitrogens is 2. The van der Waals surface area contributed by atoms with Gasteiger partial charge in [-0.05, 0) is 42.0 Å². The van der Waals surface area contributed by atoms with Crippen molar-refractivity contribution in [3.05, 3.63) is 102 Å². The Bertz CT molecular complexity index is 1300. The van der Waals surface area contributed by atoms with Gasteiger partial charge in [0.25, 0.3) is 5.91 Å². The number of nitrogens with zero attached hydrogens (tertiary/aromatic N) is 3. The molecule has 4 aromatic rings. The number of rotatable bonds is 4. The van der Waals surface area contributed by atoms with Crippen molar-refractivity contribution in [1.29, 1.82) is 0 Å². The molecule has 1 N–H and O–H groups in total. The Hall–Kier alpha value is -4.26. The molecular weight excluding hydrogens is 404 g/mol. The van der Waals surface area contributed by atoms with Crippen LogP contribution in [0.4, 0.5) is 5.69 Å². The molecule has 32 heavy (non-hydrogen) atoms. The Kier molecular flexibility index (Phi) is 4.31. The number of hydrogen-bond donors (Lipinski definition) is 1. The van der Waals surface area contributed by atoms with Gasteiger partial charge in [0.05, 0.1) is 17.4 Å². The third-order valence-electron chi connectivity index (χ3n) is 5.75. The second kappa shape index (κ2) is 7.46. The van der Waals surface area contributed by atoms with Crippen LogP contribution in [0.2, 0.25) is 0 Å². The Morgan fingerprint density at radius 3 is 2.69 bits per heavy atom. The number of nitrogens with one attached hydrogen (secondary N) is 1. The Balaban J connectivity index is 1.38. The van der Waals surface area contributed by atoms with E-state index in [1.165, 1.54) is 0 Å². The Morgan fingerprint density at radius 2 is 1.78 bits per heavy atom. The van der Waals surface area contributed by atoms with Gasteiger partial charge >= 0.3 is 0 Å². The lowest BCUT2D eigenvalue weighted by molar-refractivity contribution is 0.0666. The number of carbonyl (C=O) groups excluding carboxylic acids is 1. The highest BCUT2D eigenvalue weighted by Crippen LogP contribution is 2.37. The first-order chi connectivity index (χ1) is 15.8. The summed E-state index contributed by atoms with van der Waals surface area (Å²) in [5, 5.41) is 8.06. The summed E-state index contributed by atoms with van der Waals surface area (Å²) in [7, 11) is 0. The first-order valence-corrected chi connectivity index (χ1v) is 10.4. The lowest BCUT2D eigenvalue weighted by atomic mass is 10.0. The third-order valence-corrected chi connectivity index (χ3v) is 5.75. The smallest absolute Gasteiger partial charge is 0.258 e. The van der Waals surface area contributed by atoms with Crippen molar-refractivity contribution in [2.75, 3.05) is 12.1 Å². The van der Waals surface area contributed by atoms with Gasteiger partial charge in [-0.3, -0.25) is 4.79 Å². The van der Waals surface area contributed by atoms with Gasteiger partial charge in [0.1, 0.15) is 6.17 Å². The summed E-state index contributed by atoms with van der Waals surface area (Å²) >= 11 is 0. The topological polar surface area (TPSA) is 68.6 Å². The van der Waals surface area contributed by atoms with Gasteiger partial charge in [-0.1, -0.05) is 36.4 Å². The van der Waals surface area contributed by atoms with Gasteiger partial charge in [0, 0.05) is 24.0 Å². The number of carbonyl (C=O) groups is 1. The molecule has 2 aliphatic heterocycles. The van der Waals surface area contributed by atoms with Crippen molar-refractivity contribution < 1.29 is 14.3 Å². The maximum atomic E-state index is 13.5. The van der Waals surface area contributed by atoms with Gasteiger partial charge in [0.2, 0.25) is 6.79 Å². The lowest BCUT2D eigenvalue weighted by Gasteiger charge is -2.37. The predicted molar refractivity (Wildman–Crippen MR) is 119 cm³/mol. The number of ether oxygens (including phenoxy) is 2. The quantitative estimate of drug-likeness (QED) is 0.527. The Morgan fingerprint density at radius 1 is 0.969 bits per heavy atom. The number of para-hydroxylation sites is 2. The van der Waals surface area contributed by atoms with Crippen LogP contribution in [0.15, 0.2) is 85.2 Å². The molecule has 7 heteroatoms. The van der Waals surface area contributed by atoms with Crippen molar-refractivity contribution in [2.24, 2.45) is 0 Å². The van der Waals surface area contributed by atoms with Crippen LogP contribution < -0.4 is 14.8 Å². The van der Waals surface area contributed by atoms with E-state index >= 15 is 0 Å². The van der Waals surface area contributed by atoms with Gasteiger partial charge < -0.3 is 19.7 Å². The average molecular weight is 424 g/mol. The molecule has 0 saturated heterocycles. The average Bonchev–Trinajstić information content (AvgIpc) is 3.51. The fourth-order valence-electron chi connectivity index (χ4n) is 4.15. The van der Waals surface area contributed by atoms with Gasteiger partial charge in [-0.2, -0.15) is 5.10 Å². The molecule has 3 aromatic carbocycles. The zero-order valence-electron chi connectivity index (χ0n) is 17.1. The summed E-state index contributed by atoms with van der Waals surface area (Å²) in [6.07, 6.45) is 3.40.